The zero-order chi connectivity index (χ0) is 22.8. The Balaban J connectivity index is 1.55. The van der Waals surface area contributed by atoms with Gasteiger partial charge in [-0.1, -0.05) is 54.1 Å². The maximum absolute atomic E-state index is 12.3. The van der Waals surface area contributed by atoms with Crippen LogP contribution in [0, 0.1) is 0 Å². The highest BCUT2D eigenvalue weighted by Gasteiger charge is 2.36. The van der Waals surface area contributed by atoms with E-state index >= 15 is 0 Å². The SMILES string of the molecule is O=C(O)CN1C(=O)S/C(=C/c2cc(Cl)c(OCc3cccc4ccccc34)c(Br)c2)C1=O. The average Bonchev–Trinajstić information content (AvgIpc) is 3.00. The fourth-order valence-corrected chi connectivity index (χ4v) is 5.12. The Morgan fingerprint density at radius 2 is 1.91 bits per heavy atom. The van der Waals surface area contributed by atoms with Gasteiger partial charge in [-0.3, -0.25) is 19.3 Å². The van der Waals surface area contributed by atoms with Gasteiger partial charge in [0.1, 0.15) is 13.2 Å². The Morgan fingerprint density at radius 3 is 2.66 bits per heavy atom. The monoisotopic (exact) mass is 531 g/mol. The van der Waals surface area contributed by atoms with Gasteiger partial charge >= 0.3 is 5.97 Å². The molecule has 2 amide bonds. The molecule has 0 saturated carbocycles. The van der Waals surface area contributed by atoms with Gasteiger partial charge < -0.3 is 9.84 Å². The van der Waals surface area contributed by atoms with Crippen LogP contribution in [0.4, 0.5) is 4.79 Å². The first-order valence-electron chi connectivity index (χ1n) is 9.39. The van der Waals surface area contributed by atoms with Crippen molar-refractivity contribution in [3.8, 4) is 5.75 Å². The van der Waals surface area contributed by atoms with Crippen LogP contribution in [0.1, 0.15) is 11.1 Å². The maximum Gasteiger partial charge on any atom is 0.323 e. The van der Waals surface area contributed by atoms with E-state index in [1.165, 1.54) is 6.08 Å². The zero-order valence-electron chi connectivity index (χ0n) is 16.4. The molecule has 3 aromatic carbocycles. The fourth-order valence-electron chi connectivity index (χ4n) is 3.29. The Morgan fingerprint density at radius 1 is 1.16 bits per heavy atom. The molecular formula is C23H15BrClNO5S. The summed E-state index contributed by atoms with van der Waals surface area (Å²) in [5.74, 6) is -1.45. The molecule has 0 radical (unpaired) electrons. The van der Waals surface area contributed by atoms with Crippen molar-refractivity contribution in [3.05, 3.63) is 80.1 Å². The van der Waals surface area contributed by atoms with E-state index in [-0.39, 0.29) is 4.91 Å². The van der Waals surface area contributed by atoms with Crippen molar-refractivity contribution in [3.63, 3.8) is 0 Å². The number of aliphatic carboxylic acids is 1. The van der Waals surface area contributed by atoms with Crippen molar-refractivity contribution in [1.82, 2.24) is 4.90 Å². The summed E-state index contributed by atoms with van der Waals surface area (Å²) in [4.78, 5) is 36.0. The van der Waals surface area contributed by atoms with E-state index in [4.69, 9.17) is 21.4 Å². The van der Waals surface area contributed by atoms with Gasteiger partial charge in [-0.05, 0) is 67.8 Å². The molecule has 4 rings (SSSR count). The molecule has 32 heavy (non-hydrogen) atoms. The zero-order valence-corrected chi connectivity index (χ0v) is 19.5. The molecule has 1 heterocycles. The second-order valence-corrected chi connectivity index (χ2v) is 9.16. The lowest BCUT2D eigenvalue weighted by Crippen LogP contribution is -2.33. The molecule has 3 aromatic rings. The molecular weight excluding hydrogens is 518 g/mol. The number of thioether (sulfide) groups is 1. The number of hydrogen-bond donors (Lipinski definition) is 1. The lowest BCUT2D eigenvalue weighted by Gasteiger charge is -2.13. The number of imide groups is 1. The molecule has 9 heteroatoms. The number of nitrogens with zero attached hydrogens (tertiary/aromatic N) is 1. The molecule has 0 aliphatic carbocycles. The predicted octanol–water partition coefficient (Wildman–Crippen LogP) is 5.96. The van der Waals surface area contributed by atoms with Crippen LogP contribution >= 0.6 is 39.3 Å². The molecule has 162 valence electrons. The van der Waals surface area contributed by atoms with E-state index < -0.39 is 23.7 Å². The third-order valence-corrected chi connectivity index (χ3v) is 6.51. The number of carboxylic acids is 1. The molecule has 0 aromatic heterocycles. The van der Waals surface area contributed by atoms with Crippen molar-refractivity contribution in [1.29, 1.82) is 0 Å². The first kappa shape index (κ1) is 22.4. The van der Waals surface area contributed by atoms with E-state index in [1.807, 2.05) is 42.5 Å². The Labute approximate surface area is 200 Å². The Hall–Kier alpha value is -2.81. The molecule has 0 unspecified atom stereocenters. The quantitative estimate of drug-likeness (QED) is 0.395. The number of hydrogen-bond acceptors (Lipinski definition) is 5. The van der Waals surface area contributed by atoms with Crippen LogP contribution in [0.25, 0.3) is 16.8 Å². The maximum atomic E-state index is 12.3. The highest BCUT2D eigenvalue weighted by atomic mass is 79.9. The number of fused-ring (bicyclic) bond motifs is 1. The van der Waals surface area contributed by atoms with Crippen LogP contribution in [0.2, 0.25) is 5.02 Å². The first-order chi connectivity index (χ1) is 15.3. The molecule has 0 spiro atoms. The summed E-state index contributed by atoms with van der Waals surface area (Å²) in [6.45, 7) is -0.361. The molecule has 1 saturated heterocycles. The van der Waals surface area contributed by atoms with E-state index in [0.717, 1.165) is 16.3 Å². The summed E-state index contributed by atoms with van der Waals surface area (Å²) >= 11 is 10.6. The van der Waals surface area contributed by atoms with Crippen LogP contribution in [0.15, 0.2) is 64.0 Å². The Bertz CT molecular complexity index is 1260. The Kier molecular flexibility index (Phi) is 6.55. The summed E-state index contributed by atoms with van der Waals surface area (Å²) in [6.07, 6.45) is 1.50. The number of amides is 2. The van der Waals surface area contributed by atoms with E-state index in [9.17, 15) is 14.4 Å². The molecule has 6 nitrogen and oxygen atoms in total. The summed E-state index contributed by atoms with van der Waals surface area (Å²) < 4.78 is 6.57. The number of benzene rings is 3. The van der Waals surface area contributed by atoms with Crippen molar-refractivity contribution in [2.75, 3.05) is 6.54 Å². The normalized spacial score (nSPS) is 15.1. The summed E-state index contributed by atoms with van der Waals surface area (Å²) in [6, 6.07) is 17.4. The van der Waals surface area contributed by atoms with Crippen LogP contribution in [0.5, 0.6) is 5.75 Å². The lowest BCUT2D eigenvalue weighted by molar-refractivity contribution is -0.140. The molecule has 1 aliphatic heterocycles. The first-order valence-corrected chi connectivity index (χ1v) is 11.4. The number of carbonyl (C=O) groups is 3. The highest BCUT2D eigenvalue weighted by molar-refractivity contribution is 9.10. The van der Waals surface area contributed by atoms with Crippen LogP contribution in [-0.4, -0.2) is 33.7 Å². The summed E-state index contributed by atoms with van der Waals surface area (Å²) in [5, 5.41) is 10.8. The van der Waals surface area contributed by atoms with E-state index in [0.29, 0.717) is 44.1 Å². The largest absolute Gasteiger partial charge is 0.486 e. The minimum atomic E-state index is -1.26. The van der Waals surface area contributed by atoms with Gasteiger partial charge in [0.05, 0.1) is 14.4 Å². The average molecular weight is 533 g/mol. The number of carboxylic acid groups (broad SMARTS) is 1. The number of halogens is 2. The van der Waals surface area contributed by atoms with E-state index in [1.54, 1.807) is 12.1 Å². The van der Waals surface area contributed by atoms with Crippen molar-refractivity contribution < 1.29 is 24.2 Å². The molecule has 1 aliphatic rings. The second-order valence-electron chi connectivity index (χ2n) is 6.90. The third-order valence-electron chi connectivity index (χ3n) is 4.74. The minimum Gasteiger partial charge on any atom is -0.486 e. The van der Waals surface area contributed by atoms with Gasteiger partial charge in [-0.2, -0.15) is 0 Å². The standard InChI is InChI=1S/C23H15BrClNO5S/c24-17-8-13(10-19-22(29)26(11-20(27)28)23(30)32-19)9-18(25)21(17)31-12-15-6-3-5-14-4-1-2-7-16(14)15/h1-10H,11-12H2,(H,27,28)/b19-10+. The topological polar surface area (TPSA) is 83.9 Å². The van der Waals surface area contributed by atoms with Gasteiger partial charge in [-0.25, -0.2) is 0 Å². The smallest absolute Gasteiger partial charge is 0.323 e. The van der Waals surface area contributed by atoms with Crippen LogP contribution < -0.4 is 4.74 Å². The number of rotatable bonds is 6. The molecule has 0 atom stereocenters. The fraction of sp³-hybridized carbons (Fsp3) is 0.0870. The summed E-state index contributed by atoms with van der Waals surface area (Å²) in [5.41, 5.74) is 1.59. The molecule has 0 bridgehead atoms. The predicted molar refractivity (Wildman–Crippen MR) is 128 cm³/mol. The second kappa shape index (κ2) is 9.36. The highest BCUT2D eigenvalue weighted by Crippen LogP contribution is 2.38. The number of carbonyl (C=O) groups excluding carboxylic acids is 2. The molecule has 1 N–H and O–H groups in total. The van der Waals surface area contributed by atoms with Gasteiger partial charge in [0.15, 0.2) is 5.75 Å². The lowest BCUT2D eigenvalue weighted by atomic mass is 10.1. The molecule has 1 fully saturated rings. The van der Waals surface area contributed by atoms with Crippen molar-refractivity contribution >= 4 is 73.3 Å². The van der Waals surface area contributed by atoms with Gasteiger partial charge in [0.2, 0.25) is 0 Å². The summed E-state index contributed by atoms with van der Waals surface area (Å²) in [7, 11) is 0. The van der Waals surface area contributed by atoms with Crippen LogP contribution in [0.3, 0.4) is 0 Å². The number of ether oxygens (including phenoxy) is 1. The van der Waals surface area contributed by atoms with Gasteiger partial charge in [0, 0.05) is 0 Å². The van der Waals surface area contributed by atoms with Gasteiger partial charge in [0.25, 0.3) is 11.1 Å². The van der Waals surface area contributed by atoms with Crippen molar-refractivity contribution in [2.45, 2.75) is 6.61 Å². The third kappa shape index (κ3) is 4.67. The van der Waals surface area contributed by atoms with Crippen LogP contribution in [-0.2, 0) is 16.2 Å². The van der Waals surface area contributed by atoms with Gasteiger partial charge in [-0.15, -0.1) is 0 Å². The van der Waals surface area contributed by atoms with E-state index in [2.05, 4.69) is 15.9 Å². The minimum absolute atomic E-state index is 0.128. The van der Waals surface area contributed by atoms with Crippen molar-refractivity contribution in [2.24, 2.45) is 0 Å².